The summed E-state index contributed by atoms with van der Waals surface area (Å²) in [7, 11) is 1.72. The predicted molar refractivity (Wildman–Crippen MR) is 58.6 cm³/mol. The zero-order valence-electron chi connectivity index (χ0n) is 9.75. The second kappa shape index (κ2) is 6.58. The van der Waals surface area contributed by atoms with Crippen molar-refractivity contribution in [1.82, 2.24) is 10.3 Å². The lowest BCUT2D eigenvalue weighted by Gasteiger charge is -2.06. The van der Waals surface area contributed by atoms with Crippen LogP contribution in [0.4, 0.5) is 0 Å². The van der Waals surface area contributed by atoms with Gasteiger partial charge in [0.25, 0.3) is 0 Å². The number of nitrogens with one attached hydrogen (secondary N) is 1. The Labute approximate surface area is 91.0 Å². The van der Waals surface area contributed by atoms with Gasteiger partial charge in [0, 0.05) is 20.1 Å². The van der Waals surface area contributed by atoms with Gasteiger partial charge in [-0.1, -0.05) is 13.8 Å². The predicted octanol–water partition coefficient (Wildman–Crippen LogP) is 1.61. The molecule has 1 atom stereocenters. The second-order valence-electron chi connectivity index (χ2n) is 3.77. The van der Waals surface area contributed by atoms with Crippen LogP contribution in [0.5, 0.6) is 0 Å². The first-order chi connectivity index (χ1) is 7.26. The molecule has 1 aromatic rings. The molecule has 0 radical (unpaired) electrons. The van der Waals surface area contributed by atoms with Gasteiger partial charge in [-0.25, -0.2) is 4.98 Å². The Morgan fingerprint density at radius 3 is 3.07 bits per heavy atom. The fourth-order valence-electron chi connectivity index (χ4n) is 1.44. The van der Waals surface area contributed by atoms with Gasteiger partial charge in [-0.2, -0.15) is 0 Å². The molecule has 0 spiro atoms. The summed E-state index contributed by atoms with van der Waals surface area (Å²) in [6.45, 7) is 6.58. The van der Waals surface area contributed by atoms with E-state index in [0.717, 1.165) is 31.2 Å². The minimum Gasteiger partial charge on any atom is -0.444 e. The molecule has 4 heteroatoms. The number of oxazole rings is 1. The van der Waals surface area contributed by atoms with Crippen LogP contribution in [0.15, 0.2) is 10.6 Å². The van der Waals surface area contributed by atoms with Crippen LogP contribution in [0.3, 0.4) is 0 Å². The Morgan fingerprint density at radius 1 is 1.60 bits per heavy atom. The van der Waals surface area contributed by atoms with E-state index >= 15 is 0 Å². The van der Waals surface area contributed by atoms with Crippen molar-refractivity contribution in [2.24, 2.45) is 5.92 Å². The van der Waals surface area contributed by atoms with Crippen LogP contribution in [-0.2, 0) is 17.7 Å². The topological polar surface area (TPSA) is 47.3 Å². The zero-order valence-corrected chi connectivity index (χ0v) is 9.75. The fraction of sp³-hybridized carbons (Fsp3) is 0.727. The molecule has 0 fully saturated rings. The third kappa shape index (κ3) is 4.44. The van der Waals surface area contributed by atoms with Gasteiger partial charge >= 0.3 is 0 Å². The van der Waals surface area contributed by atoms with Crippen LogP contribution in [0, 0.1) is 5.92 Å². The number of rotatable bonds is 7. The highest BCUT2D eigenvalue weighted by Crippen LogP contribution is 2.10. The third-order valence-corrected chi connectivity index (χ3v) is 2.13. The van der Waals surface area contributed by atoms with Crippen LogP contribution in [0.25, 0.3) is 0 Å². The van der Waals surface area contributed by atoms with Crippen molar-refractivity contribution in [3.05, 3.63) is 17.8 Å². The normalized spacial score (nSPS) is 13.0. The number of hydrogen-bond acceptors (Lipinski definition) is 4. The molecule has 1 rings (SSSR count). The van der Waals surface area contributed by atoms with E-state index < -0.39 is 0 Å². The highest BCUT2D eigenvalue weighted by molar-refractivity contribution is 4.95. The lowest BCUT2D eigenvalue weighted by molar-refractivity contribution is 0.156. The molecule has 1 N–H and O–H groups in total. The molecule has 1 aromatic heterocycles. The van der Waals surface area contributed by atoms with E-state index in [0.29, 0.717) is 12.5 Å². The number of aromatic nitrogens is 1. The Bertz CT molecular complexity index is 273. The molecule has 0 bridgehead atoms. The van der Waals surface area contributed by atoms with Gasteiger partial charge in [0.15, 0.2) is 0 Å². The molecule has 4 nitrogen and oxygen atoms in total. The molecule has 0 aliphatic heterocycles. The van der Waals surface area contributed by atoms with Gasteiger partial charge in [-0.3, -0.25) is 0 Å². The minimum absolute atomic E-state index is 0.468. The van der Waals surface area contributed by atoms with Gasteiger partial charge < -0.3 is 14.5 Å². The Kier molecular flexibility index (Phi) is 5.36. The molecule has 1 heterocycles. The number of methoxy groups -OCH3 is 1. The average Bonchev–Trinajstić information content (AvgIpc) is 2.63. The molecule has 0 amide bonds. The zero-order chi connectivity index (χ0) is 11.1. The summed E-state index contributed by atoms with van der Waals surface area (Å²) in [6.07, 6.45) is 2.69. The average molecular weight is 212 g/mol. The molecule has 0 aliphatic rings. The molecule has 15 heavy (non-hydrogen) atoms. The lowest BCUT2D eigenvalue weighted by atomic mass is 10.1. The molecular weight excluding hydrogens is 192 g/mol. The van der Waals surface area contributed by atoms with Crippen LogP contribution >= 0.6 is 0 Å². The molecule has 0 aromatic carbocycles. The van der Waals surface area contributed by atoms with Crippen LogP contribution in [-0.4, -0.2) is 25.2 Å². The standard InChI is InChI=1S/C11H20N2O2/c1-4-12-7-11-13-6-10(15-11)5-9(2)8-14-3/h6,9,12H,4-5,7-8H2,1-3H3. The van der Waals surface area contributed by atoms with Crippen molar-refractivity contribution in [2.45, 2.75) is 26.8 Å². The summed E-state index contributed by atoms with van der Waals surface area (Å²) < 4.78 is 10.6. The van der Waals surface area contributed by atoms with Crippen molar-refractivity contribution in [2.75, 3.05) is 20.3 Å². The summed E-state index contributed by atoms with van der Waals surface area (Å²) in [5.74, 6) is 2.17. The summed E-state index contributed by atoms with van der Waals surface area (Å²) in [5.41, 5.74) is 0. The molecule has 0 saturated heterocycles. The monoisotopic (exact) mass is 212 g/mol. The van der Waals surface area contributed by atoms with Crippen molar-refractivity contribution in [1.29, 1.82) is 0 Å². The lowest BCUT2D eigenvalue weighted by Crippen LogP contribution is -2.11. The molecular formula is C11H20N2O2. The van der Waals surface area contributed by atoms with Crippen molar-refractivity contribution >= 4 is 0 Å². The Balaban J connectivity index is 2.38. The first kappa shape index (κ1) is 12.2. The SMILES string of the molecule is CCNCc1ncc(CC(C)COC)o1. The maximum atomic E-state index is 5.57. The van der Waals surface area contributed by atoms with Crippen LogP contribution in [0.1, 0.15) is 25.5 Å². The number of ether oxygens (including phenoxy) is 1. The van der Waals surface area contributed by atoms with Crippen LogP contribution < -0.4 is 5.32 Å². The first-order valence-corrected chi connectivity index (χ1v) is 5.39. The van der Waals surface area contributed by atoms with Gasteiger partial charge in [0.05, 0.1) is 12.7 Å². The van der Waals surface area contributed by atoms with E-state index in [9.17, 15) is 0 Å². The van der Waals surface area contributed by atoms with Crippen molar-refractivity contribution in [3.8, 4) is 0 Å². The molecule has 86 valence electrons. The van der Waals surface area contributed by atoms with E-state index in [1.165, 1.54) is 0 Å². The molecule has 0 aliphatic carbocycles. The smallest absolute Gasteiger partial charge is 0.208 e. The van der Waals surface area contributed by atoms with Gasteiger partial charge in [0.1, 0.15) is 5.76 Å². The van der Waals surface area contributed by atoms with Gasteiger partial charge in [-0.05, 0) is 12.5 Å². The fourth-order valence-corrected chi connectivity index (χ4v) is 1.44. The largest absolute Gasteiger partial charge is 0.444 e. The van der Waals surface area contributed by atoms with Gasteiger partial charge in [0.2, 0.25) is 5.89 Å². The maximum Gasteiger partial charge on any atom is 0.208 e. The highest BCUT2D eigenvalue weighted by Gasteiger charge is 2.08. The van der Waals surface area contributed by atoms with Crippen LogP contribution in [0.2, 0.25) is 0 Å². The van der Waals surface area contributed by atoms with Crippen molar-refractivity contribution in [3.63, 3.8) is 0 Å². The van der Waals surface area contributed by atoms with Crippen molar-refractivity contribution < 1.29 is 9.15 Å². The Morgan fingerprint density at radius 2 is 2.40 bits per heavy atom. The van der Waals surface area contributed by atoms with E-state index in [-0.39, 0.29) is 0 Å². The quantitative estimate of drug-likeness (QED) is 0.746. The van der Waals surface area contributed by atoms with Gasteiger partial charge in [-0.15, -0.1) is 0 Å². The number of nitrogens with zero attached hydrogens (tertiary/aromatic N) is 1. The molecule has 0 saturated carbocycles. The van der Waals surface area contributed by atoms with E-state index in [1.54, 1.807) is 13.3 Å². The van der Waals surface area contributed by atoms with E-state index in [2.05, 4.69) is 24.1 Å². The minimum atomic E-state index is 0.468. The molecule has 1 unspecified atom stereocenters. The highest BCUT2D eigenvalue weighted by atomic mass is 16.5. The van der Waals surface area contributed by atoms with E-state index in [4.69, 9.17) is 9.15 Å². The summed E-state index contributed by atoms with van der Waals surface area (Å²) in [5, 5.41) is 3.18. The summed E-state index contributed by atoms with van der Waals surface area (Å²) in [4.78, 5) is 4.20. The maximum absolute atomic E-state index is 5.57. The second-order valence-corrected chi connectivity index (χ2v) is 3.77. The summed E-state index contributed by atoms with van der Waals surface area (Å²) in [6, 6.07) is 0. The van der Waals surface area contributed by atoms with E-state index in [1.807, 2.05) is 0 Å². The third-order valence-electron chi connectivity index (χ3n) is 2.13. The first-order valence-electron chi connectivity index (χ1n) is 5.39. The number of hydrogen-bond donors (Lipinski definition) is 1. The summed E-state index contributed by atoms with van der Waals surface area (Å²) >= 11 is 0. The Hall–Kier alpha value is -0.870.